The third-order valence-corrected chi connectivity index (χ3v) is 6.44. The number of methoxy groups -OCH3 is 1. The highest BCUT2D eigenvalue weighted by molar-refractivity contribution is 5.78. The lowest BCUT2D eigenvalue weighted by atomic mass is 10.1. The van der Waals surface area contributed by atoms with Crippen LogP contribution in [0.2, 0.25) is 0 Å². The van der Waals surface area contributed by atoms with Gasteiger partial charge in [-0.15, -0.1) is 0 Å². The number of benzene rings is 3. The zero-order valence-corrected chi connectivity index (χ0v) is 22.1. The Hall–Kier alpha value is -3.80. The number of para-hydroxylation sites is 2. The van der Waals surface area contributed by atoms with E-state index in [1.807, 2.05) is 30.3 Å². The molecule has 1 N–H and O–H groups in total. The number of fused-ring (bicyclic) bond motifs is 1. The van der Waals surface area contributed by atoms with Crippen molar-refractivity contribution in [3.8, 4) is 11.5 Å². The number of hydrogen-bond donors (Lipinski definition) is 1. The SMILES string of the molecule is COc1ccc(CC(=O)NCCCCCc2nc3ccccc3n2CCOc2cc(C)cc(C)c2)cc1. The Labute approximate surface area is 219 Å². The molecule has 0 bridgehead atoms. The summed E-state index contributed by atoms with van der Waals surface area (Å²) in [5.41, 5.74) is 5.57. The standard InChI is InChI=1S/C31H37N3O3/c1-23-19-24(2)21-27(20-23)37-18-17-34-29-10-7-6-9-28(29)33-30(34)11-5-4-8-16-32-31(35)22-25-12-14-26(36-3)15-13-25/h6-7,9-10,12-15,19-21H,4-5,8,11,16-18,22H2,1-3H3,(H,32,35). The first-order valence-corrected chi connectivity index (χ1v) is 13.1. The first-order chi connectivity index (χ1) is 18.0. The number of aryl methyl sites for hydroxylation is 3. The van der Waals surface area contributed by atoms with Gasteiger partial charge in [-0.1, -0.05) is 36.8 Å². The smallest absolute Gasteiger partial charge is 0.224 e. The third kappa shape index (κ3) is 7.59. The minimum absolute atomic E-state index is 0.0516. The summed E-state index contributed by atoms with van der Waals surface area (Å²) in [6.45, 7) is 6.22. The highest BCUT2D eigenvalue weighted by Gasteiger charge is 2.11. The molecular weight excluding hydrogens is 462 g/mol. The van der Waals surface area contributed by atoms with E-state index in [1.54, 1.807) is 7.11 Å². The van der Waals surface area contributed by atoms with Gasteiger partial charge in [0.15, 0.2) is 0 Å². The molecule has 3 aromatic carbocycles. The molecule has 0 aliphatic heterocycles. The van der Waals surface area contributed by atoms with E-state index in [0.717, 1.165) is 66.1 Å². The number of nitrogens with zero attached hydrogens (tertiary/aromatic N) is 2. The number of carbonyl (C=O) groups excluding carboxylic acids is 1. The lowest BCUT2D eigenvalue weighted by Crippen LogP contribution is -2.26. The van der Waals surface area contributed by atoms with E-state index in [0.29, 0.717) is 19.6 Å². The van der Waals surface area contributed by atoms with Gasteiger partial charge < -0.3 is 19.4 Å². The largest absolute Gasteiger partial charge is 0.497 e. The highest BCUT2D eigenvalue weighted by Crippen LogP contribution is 2.20. The zero-order valence-electron chi connectivity index (χ0n) is 22.1. The van der Waals surface area contributed by atoms with Gasteiger partial charge in [0, 0.05) is 13.0 Å². The van der Waals surface area contributed by atoms with Crippen LogP contribution in [-0.4, -0.2) is 35.7 Å². The second kappa shape index (κ2) is 12.9. The average molecular weight is 500 g/mol. The second-order valence-corrected chi connectivity index (χ2v) is 9.53. The minimum atomic E-state index is 0.0516. The van der Waals surface area contributed by atoms with Gasteiger partial charge in [0.25, 0.3) is 0 Å². The van der Waals surface area contributed by atoms with Crippen LogP contribution in [0.15, 0.2) is 66.7 Å². The van der Waals surface area contributed by atoms with Crippen LogP contribution in [0.1, 0.15) is 41.8 Å². The van der Waals surface area contributed by atoms with E-state index in [-0.39, 0.29) is 5.91 Å². The number of aromatic nitrogens is 2. The molecule has 0 aliphatic rings. The lowest BCUT2D eigenvalue weighted by Gasteiger charge is -2.12. The Kier molecular flexibility index (Phi) is 9.19. The van der Waals surface area contributed by atoms with Crippen molar-refractivity contribution in [3.05, 3.63) is 89.2 Å². The van der Waals surface area contributed by atoms with Gasteiger partial charge in [-0.25, -0.2) is 4.98 Å². The molecule has 1 heterocycles. The number of amides is 1. The molecule has 4 rings (SSSR count). The van der Waals surface area contributed by atoms with Gasteiger partial charge in [-0.3, -0.25) is 4.79 Å². The Morgan fingerprint density at radius 1 is 0.919 bits per heavy atom. The van der Waals surface area contributed by atoms with Gasteiger partial charge in [-0.05, 0) is 79.8 Å². The number of carbonyl (C=O) groups is 1. The molecule has 6 nitrogen and oxygen atoms in total. The number of imidazole rings is 1. The molecule has 4 aromatic rings. The van der Waals surface area contributed by atoms with Crippen molar-refractivity contribution < 1.29 is 14.3 Å². The molecule has 0 spiro atoms. The van der Waals surface area contributed by atoms with E-state index in [4.69, 9.17) is 14.5 Å². The van der Waals surface area contributed by atoms with Crippen molar-refractivity contribution in [2.75, 3.05) is 20.3 Å². The summed E-state index contributed by atoms with van der Waals surface area (Å²) in [5.74, 6) is 2.86. The van der Waals surface area contributed by atoms with Crippen LogP contribution in [0.5, 0.6) is 11.5 Å². The molecule has 6 heteroatoms. The van der Waals surface area contributed by atoms with Gasteiger partial charge in [0.05, 0.1) is 31.1 Å². The molecular formula is C31H37N3O3. The fourth-order valence-corrected chi connectivity index (χ4v) is 4.64. The summed E-state index contributed by atoms with van der Waals surface area (Å²) in [4.78, 5) is 17.1. The monoisotopic (exact) mass is 499 g/mol. The average Bonchev–Trinajstić information content (AvgIpc) is 3.23. The van der Waals surface area contributed by atoms with E-state index in [9.17, 15) is 4.79 Å². The molecule has 0 atom stereocenters. The van der Waals surface area contributed by atoms with Crippen LogP contribution in [0.3, 0.4) is 0 Å². The Balaban J connectivity index is 1.23. The summed E-state index contributed by atoms with van der Waals surface area (Å²) in [5, 5.41) is 3.04. The third-order valence-electron chi connectivity index (χ3n) is 6.44. The minimum Gasteiger partial charge on any atom is -0.497 e. The molecule has 1 aromatic heterocycles. The zero-order chi connectivity index (χ0) is 26.0. The molecule has 0 fully saturated rings. The van der Waals surface area contributed by atoms with Crippen molar-refractivity contribution in [2.45, 2.75) is 52.5 Å². The van der Waals surface area contributed by atoms with Crippen molar-refractivity contribution in [2.24, 2.45) is 0 Å². The van der Waals surface area contributed by atoms with Crippen LogP contribution in [0.25, 0.3) is 11.0 Å². The van der Waals surface area contributed by atoms with Crippen molar-refractivity contribution in [1.29, 1.82) is 0 Å². The van der Waals surface area contributed by atoms with E-state index >= 15 is 0 Å². The first kappa shape index (κ1) is 26.3. The normalized spacial score (nSPS) is 11.0. The maximum Gasteiger partial charge on any atom is 0.224 e. The van der Waals surface area contributed by atoms with Crippen molar-refractivity contribution >= 4 is 16.9 Å². The quantitative estimate of drug-likeness (QED) is 0.236. The lowest BCUT2D eigenvalue weighted by molar-refractivity contribution is -0.120. The maximum atomic E-state index is 12.2. The summed E-state index contributed by atoms with van der Waals surface area (Å²) in [6.07, 6.45) is 4.29. The molecule has 0 saturated heterocycles. The summed E-state index contributed by atoms with van der Waals surface area (Å²) in [6, 6.07) is 22.2. The summed E-state index contributed by atoms with van der Waals surface area (Å²) >= 11 is 0. The highest BCUT2D eigenvalue weighted by atomic mass is 16.5. The van der Waals surface area contributed by atoms with Crippen LogP contribution < -0.4 is 14.8 Å². The van der Waals surface area contributed by atoms with E-state index in [1.165, 1.54) is 11.1 Å². The molecule has 0 radical (unpaired) electrons. The summed E-state index contributed by atoms with van der Waals surface area (Å²) < 4.78 is 13.5. The molecule has 0 unspecified atom stereocenters. The van der Waals surface area contributed by atoms with E-state index in [2.05, 4.69) is 60.1 Å². The second-order valence-electron chi connectivity index (χ2n) is 9.53. The Morgan fingerprint density at radius 3 is 2.43 bits per heavy atom. The van der Waals surface area contributed by atoms with Gasteiger partial charge in [0.2, 0.25) is 5.91 Å². The predicted octanol–water partition coefficient (Wildman–Crippen LogP) is 5.81. The summed E-state index contributed by atoms with van der Waals surface area (Å²) in [7, 11) is 1.64. The van der Waals surface area contributed by atoms with Gasteiger partial charge in [0.1, 0.15) is 23.9 Å². The number of unbranched alkanes of at least 4 members (excludes halogenated alkanes) is 2. The molecule has 37 heavy (non-hydrogen) atoms. The Morgan fingerprint density at radius 2 is 1.68 bits per heavy atom. The van der Waals surface area contributed by atoms with Crippen LogP contribution in [0, 0.1) is 13.8 Å². The maximum absolute atomic E-state index is 12.2. The van der Waals surface area contributed by atoms with Crippen molar-refractivity contribution in [3.63, 3.8) is 0 Å². The number of rotatable bonds is 13. The van der Waals surface area contributed by atoms with Crippen LogP contribution >= 0.6 is 0 Å². The fraction of sp³-hybridized carbons (Fsp3) is 0.355. The first-order valence-electron chi connectivity index (χ1n) is 13.1. The Bertz CT molecular complexity index is 1290. The van der Waals surface area contributed by atoms with E-state index < -0.39 is 0 Å². The molecule has 194 valence electrons. The van der Waals surface area contributed by atoms with Crippen molar-refractivity contribution in [1.82, 2.24) is 14.9 Å². The molecule has 1 amide bonds. The molecule has 0 saturated carbocycles. The topological polar surface area (TPSA) is 65.4 Å². The van der Waals surface area contributed by atoms with Crippen LogP contribution in [-0.2, 0) is 24.2 Å². The fourth-order valence-electron chi connectivity index (χ4n) is 4.64. The van der Waals surface area contributed by atoms with Gasteiger partial charge in [-0.2, -0.15) is 0 Å². The van der Waals surface area contributed by atoms with Gasteiger partial charge >= 0.3 is 0 Å². The molecule has 0 aliphatic carbocycles. The van der Waals surface area contributed by atoms with Crippen LogP contribution in [0.4, 0.5) is 0 Å². The number of hydrogen-bond acceptors (Lipinski definition) is 4. The number of nitrogens with one attached hydrogen (secondary N) is 1. The predicted molar refractivity (Wildman–Crippen MR) is 148 cm³/mol. The number of ether oxygens (including phenoxy) is 2.